The second-order valence-electron chi connectivity index (χ2n) is 8.02. The summed E-state index contributed by atoms with van der Waals surface area (Å²) in [7, 11) is 0. The molecule has 158 valence electrons. The SMILES string of the molecule is CCCN(CCC(C)C)Cc1c[nH]c2ccccc12.CCOc1ccccc1C. The van der Waals surface area contributed by atoms with Crippen molar-refractivity contribution in [1.29, 1.82) is 0 Å². The third-order valence-electron chi connectivity index (χ3n) is 5.02. The third kappa shape index (κ3) is 7.58. The maximum atomic E-state index is 5.34. The Morgan fingerprint density at radius 1 is 0.966 bits per heavy atom. The molecular weight excluding hydrogens is 356 g/mol. The molecule has 0 saturated heterocycles. The summed E-state index contributed by atoms with van der Waals surface area (Å²) in [6.07, 6.45) is 4.67. The molecule has 0 amide bonds. The number of hydrogen-bond donors (Lipinski definition) is 1. The molecule has 3 heteroatoms. The van der Waals surface area contributed by atoms with Crippen molar-refractivity contribution in [2.75, 3.05) is 19.7 Å². The van der Waals surface area contributed by atoms with Crippen LogP contribution >= 0.6 is 0 Å². The van der Waals surface area contributed by atoms with Gasteiger partial charge in [-0.3, -0.25) is 4.90 Å². The number of fused-ring (bicyclic) bond motifs is 1. The zero-order valence-corrected chi connectivity index (χ0v) is 18.9. The molecule has 0 bridgehead atoms. The Bertz CT molecular complexity index is 837. The lowest BCUT2D eigenvalue weighted by molar-refractivity contribution is 0.251. The fraction of sp³-hybridized carbons (Fsp3) is 0.462. The lowest BCUT2D eigenvalue weighted by atomic mass is 10.1. The normalized spacial score (nSPS) is 11.0. The van der Waals surface area contributed by atoms with E-state index in [-0.39, 0.29) is 0 Å². The third-order valence-corrected chi connectivity index (χ3v) is 5.02. The van der Waals surface area contributed by atoms with Crippen LogP contribution in [0.4, 0.5) is 0 Å². The summed E-state index contributed by atoms with van der Waals surface area (Å²) in [5.74, 6) is 1.77. The van der Waals surface area contributed by atoms with Crippen LogP contribution in [0.3, 0.4) is 0 Å². The average Bonchev–Trinajstić information content (AvgIpc) is 3.12. The lowest BCUT2D eigenvalue weighted by Gasteiger charge is -2.22. The maximum absolute atomic E-state index is 5.34. The second kappa shape index (κ2) is 12.3. The molecule has 0 fully saturated rings. The van der Waals surface area contributed by atoms with Crippen LogP contribution in [0.15, 0.2) is 54.7 Å². The fourth-order valence-electron chi connectivity index (χ4n) is 3.40. The number of hydrogen-bond acceptors (Lipinski definition) is 2. The van der Waals surface area contributed by atoms with Crippen LogP contribution in [-0.2, 0) is 6.54 Å². The highest BCUT2D eigenvalue weighted by Gasteiger charge is 2.09. The minimum atomic E-state index is 0.741. The number of aryl methyl sites for hydroxylation is 1. The highest BCUT2D eigenvalue weighted by Crippen LogP contribution is 2.20. The molecule has 0 saturated carbocycles. The van der Waals surface area contributed by atoms with Crippen molar-refractivity contribution < 1.29 is 4.74 Å². The van der Waals surface area contributed by atoms with E-state index in [0.29, 0.717) is 0 Å². The topological polar surface area (TPSA) is 28.3 Å². The van der Waals surface area contributed by atoms with Crippen LogP contribution in [0.2, 0.25) is 0 Å². The van der Waals surface area contributed by atoms with Gasteiger partial charge >= 0.3 is 0 Å². The number of nitrogens with one attached hydrogen (secondary N) is 1. The fourth-order valence-corrected chi connectivity index (χ4v) is 3.40. The van der Waals surface area contributed by atoms with E-state index in [1.807, 2.05) is 38.1 Å². The molecule has 0 unspecified atom stereocenters. The van der Waals surface area contributed by atoms with Crippen LogP contribution in [-0.4, -0.2) is 29.6 Å². The Morgan fingerprint density at radius 2 is 1.69 bits per heavy atom. The monoisotopic (exact) mass is 394 g/mol. The molecule has 0 spiro atoms. The van der Waals surface area contributed by atoms with Gasteiger partial charge in [0.15, 0.2) is 0 Å². The van der Waals surface area contributed by atoms with Crippen LogP contribution in [0.25, 0.3) is 10.9 Å². The molecule has 1 aromatic heterocycles. The van der Waals surface area contributed by atoms with E-state index in [1.54, 1.807) is 0 Å². The summed E-state index contributed by atoms with van der Waals surface area (Å²) in [6.45, 7) is 15.1. The Kier molecular flexibility index (Phi) is 9.79. The summed E-state index contributed by atoms with van der Waals surface area (Å²) >= 11 is 0. The largest absolute Gasteiger partial charge is 0.494 e. The zero-order chi connectivity index (χ0) is 21.1. The Morgan fingerprint density at radius 3 is 2.38 bits per heavy atom. The van der Waals surface area contributed by atoms with Crippen molar-refractivity contribution in [3.8, 4) is 5.75 Å². The van der Waals surface area contributed by atoms with Gasteiger partial charge in [-0.15, -0.1) is 0 Å². The van der Waals surface area contributed by atoms with Crippen molar-refractivity contribution >= 4 is 10.9 Å². The number of nitrogens with zero attached hydrogens (tertiary/aromatic N) is 1. The molecule has 29 heavy (non-hydrogen) atoms. The first kappa shape index (κ1) is 23.0. The van der Waals surface area contributed by atoms with Crippen molar-refractivity contribution in [2.45, 2.75) is 54.0 Å². The molecule has 2 aromatic carbocycles. The van der Waals surface area contributed by atoms with Crippen LogP contribution in [0, 0.1) is 12.8 Å². The van der Waals surface area contributed by atoms with E-state index >= 15 is 0 Å². The summed E-state index contributed by atoms with van der Waals surface area (Å²) in [6, 6.07) is 16.6. The van der Waals surface area contributed by atoms with Gasteiger partial charge in [-0.1, -0.05) is 57.2 Å². The minimum absolute atomic E-state index is 0.741. The van der Waals surface area contributed by atoms with Crippen LogP contribution < -0.4 is 4.74 Å². The smallest absolute Gasteiger partial charge is 0.122 e. The molecule has 1 heterocycles. The van der Waals surface area contributed by atoms with Crippen molar-refractivity contribution in [3.05, 3.63) is 65.9 Å². The van der Waals surface area contributed by atoms with Gasteiger partial charge in [0.25, 0.3) is 0 Å². The van der Waals surface area contributed by atoms with Gasteiger partial charge in [0.1, 0.15) is 5.75 Å². The summed E-state index contributed by atoms with van der Waals surface area (Å²) in [4.78, 5) is 5.95. The minimum Gasteiger partial charge on any atom is -0.494 e. The predicted octanol–water partition coefficient (Wildman–Crippen LogP) is 6.82. The number of ether oxygens (including phenoxy) is 1. The Labute approximate surface area is 177 Å². The number of para-hydroxylation sites is 2. The van der Waals surface area contributed by atoms with Crippen molar-refractivity contribution in [1.82, 2.24) is 9.88 Å². The molecule has 3 rings (SSSR count). The Balaban J connectivity index is 0.000000253. The highest BCUT2D eigenvalue weighted by atomic mass is 16.5. The number of aromatic amines is 1. The van der Waals surface area contributed by atoms with E-state index in [1.165, 1.54) is 48.0 Å². The Hall–Kier alpha value is -2.26. The predicted molar refractivity (Wildman–Crippen MR) is 126 cm³/mol. The first-order chi connectivity index (χ1) is 14.0. The highest BCUT2D eigenvalue weighted by molar-refractivity contribution is 5.82. The molecule has 3 aromatic rings. The summed E-state index contributed by atoms with van der Waals surface area (Å²) in [5, 5.41) is 1.37. The van der Waals surface area contributed by atoms with E-state index in [2.05, 4.69) is 61.1 Å². The number of H-pyrrole nitrogens is 1. The van der Waals surface area contributed by atoms with E-state index < -0.39 is 0 Å². The number of aromatic nitrogens is 1. The van der Waals surface area contributed by atoms with Crippen molar-refractivity contribution in [2.24, 2.45) is 5.92 Å². The standard InChI is InChI=1S/C17H26N2.C9H12O/c1-4-10-19(11-9-14(2)3)13-15-12-18-17-8-6-5-7-16(15)17;1-3-10-9-7-5-4-6-8(9)2/h5-8,12,14,18H,4,9-11,13H2,1-3H3;4-7H,3H2,1-2H3. The average molecular weight is 395 g/mol. The first-order valence-corrected chi connectivity index (χ1v) is 11.0. The molecule has 0 aliphatic carbocycles. The van der Waals surface area contributed by atoms with Gasteiger partial charge in [0.2, 0.25) is 0 Å². The van der Waals surface area contributed by atoms with Gasteiger partial charge in [-0.05, 0) is 69.0 Å². The van der Waals surface area contributed by atoms with Gasteiger partial charge < -0.3 is 9.72 Å². The van der Waals surface area contributed by atoms with Crippen LogP contribution in [0.5, 0.6) is 5.75 Å². The van der Waals surface area contributed by atoms with Crippen LogP contribution in [0.1, 0.15) is 51.7 Å². The van der Waals surface area contributed by atoms with Gasteiger partial charge in [-0.2, -0.15) is 0 Å². The molecule has 0 aliphatic heterocycles. The molecule has 1 N–H and O–H groups in total. The molecule has 0 aliphatic rings. The van der Waals surface area contributed by atoms with Gasteiger partial charge in [0, 0.05) is 23.6 Å². The first-order valence-electron chi connectivity index (χ1n) is 11.0. The maximum Gasteiger partial charge on any atom is 0.122 e. The number of benzene rings is 2. The van der Waals surface area contributed by atoms with Gasteiger partial charge in [-0.25, -0.2) is 0 Å². The molecule has 0 radical (unpaired) electrons. The quantitative estimate of drug-likeness (QED) is 0.431. The second-order valence-corrected chi connectivity index (χ2v) is 8.02. The van der Waals surface area contributed by atoms with E-state index in [4.69, 9.17) is 4.74 Å². The summed E-state index contributed by atoms with van der Waals surface area (Å²) < 4.78 is 5.34. The lowest BCUT2D eigenvalue weighted by Crippen LogP contribution is -2.26. The zero-order valence-electron chi connectivity index (χ0n) is 18.9. The van der Waals surface area contributed by atoms with Gasteiger partial charge in [0.05, 0.1) is 6.61 Å². The van der Waals surface area contributed by atoms with E-state index in [0.717, 1.165) is 24.8 Å². The molecule has 0 atom stereocenters. The van der Waals surface area contributed by atoms with Crippen molar-refractivity contribution in [3.63, 3.8) is 0 Å². The molecule has 3 nitrogen and oxygen atoms in total. The molecular formula is C26H38N2O. The summed E-state index contributed by atoms with van der Waals surface area (Å²) in [5.41, 5.74) is 3.87. The number of rotatable bonds is 9. The van der Waals surface area contributed by atoms with E-state index in [9.17, 15) is 0 Å².